The zero-order valence-corrected chi connectivity index (χ0v) is 16.8. The Morgan fingerprint density at radius 1 is 0.710 bits per heavy atom. The summed E-state index contributed by atoms with van der Waals surface area (Å²) in [6, 6.07) is 30.7. The lowest BCUT2D eigenvalue weighted by atomic mass is 10.0. The quantitative estimate of drug-likeness (QED) is 0.384. The predicted molar refractivity (Wildman–Crippen MR) is 124 cm³/mol. The number of hydrogen-bond acceptors (Lipinski definition) is 2. The highest BCUT2D eigenvalue weighted by atomic mass is 16.2. The molecule has 5 rings (SSSR count). The smallest absolute Gasteiger partial charge is 0.244 e. The lowest BCUT2D eigenvalue weighted by Gasteiger charge is -2.10. The summed E-state index contributed by atoms with van der Waals surface area (Å²) in [4.78, 5) is 26.0. The maximum atomic E-state index is 13.1. The molecular weight excluding hydrogens is 384 g/mol. The summed E-state index contributed by atoms with van der Waals surface area (Å²) in [7, 11) is 0. The number of amides is 1. The van der Waals surface area contributed by atoms with E-state index in [1.807, 2.05) is 102 Å². The highest BCUT2D eigenvalue weighted by Gasteiger charge is 2.17. The molecule has 0 saturated carbocycles. The number of para-hydroxylation sites is 1. The number of carbonyl (C=O) groups excluding carboxylic acids is 2. The molecular formula is C27H20N2O2. The van der Waals surface area contributed by atoms with E-state index < -0.39 is 0 Å². The number of nitrogens with one attached hydrogen (secondary N) is 1. The van der Waals surface area contributed by atoms with Crippen LogP contribution in [0.5, 0.6) is 0 Å². The second-order valence-corrected chi connectivity index (χ2v) is 7.46. The van der Waals surface area contributed by atoms with E-state index in [0.717, 1.165) is 27.4 Å². The molecule has 1 amide bonds. The van der Waals surface area contributed by atoms with Crippen molar-refractivity contribution in [3.8, 4) is 0 Å². The Labute approximate surface area is 179 Å². The van der Waals surface area contributed by atoms with Gasteiger partial charge in [0.15, 0.2) is 5.78 Å². The third-order valence-corrected chi connectivity index (χ3v) is 5.45. The van der Waals surface area contributed by atoms with E-state index in [1.54, 1.807) is 6.20 Å². The summed E-state index contributed by atoms with van der Waals surface area (Å²) in [5.74, 6) is -0.194. The van der Waals surface area contributed by atoms with Crippen LogP contribution in [0.2, 0.25) is 0 Å². The van der Waals surface area contributed by atoms with Crippen molar-refractivity contribution in [2.75, 3.05) is 5.32 Å². The minimum Gasteiger partial charge on any atom is -0.337 e. The normalized spacial score (nSPS) is 11.0. The van der Waals surface area contributed by atoms with Gasteiger partial charge >= 0.3 is 0 Å². The Morgan fingerprint density at radius 3 is 2.23 bits per heavy atom. The molecule has 0 bridgehead atoms. The van der Waals surface area contributed by atoms with Crippen molar-refractivity contribution in [1.29, 1.82) is 0 Å². The molecule has 0 unspecified atom stereocenters. The van der Waals surface area contributed by atoms with Gasteiger partial charge in [-0.25, -0.2) is 0 Å². The Kier molecular flexibility index (Phi) is 4.81. The molecule has 4 aromatic carbocycles. The number of ketones is 1. The number of fused-ring (bicyclic) bond motifs is 2. The summed E-state index contributed by atoms with van der Waals surface area (Å²) >= 11 is 0. The number of aromatic nitrogens is 1. The second-order valence-electron chi connectivity index (χ2n) is 7.46. The molecule has 0 aliphatic heterocycles. The predicted octanol–water partition coefficient (Wildman–Crippen LogP) is 5.66. The van der Waals surface area contributed by atoms with Gasteiger partial charge in [0.2, 0.25) is 5.91 Å². The van der Waals surface area contributed by atoms with E-state index in [2.05, 4.69) is 5.32 Å². The van der Waals surface area contributed by atoms with Gasteiger partial charge in [0.25, 0.3) is 0 Å². The molecule has 1 aromatic heterocycles. The number of anilines is 1. The average Bonchev–Trinajstić information content (AvgIpc) is 3.18. The van der Waals surface area contributed by atoms with E-state index in [1.165, 1.54) is 0 Å². The van der Waals surface area contributed by atoms with Crippen LogP contribution in [0.25, 0.3) is 21.7 Å². The highest BCUT2D eigenvalue weighted by molar-refractivity contribution is 6.16. The molecule has 0 aliphatic carbocycles. The molecule has 4 nitrogen and oxygen atoms in total. The van der Waals surface area contributed by atoms with Gasteiger partial charge in [0.05, 0.1) is 0 Å². The van der Waals surface area contributed by atoms with Gasteiger partial charge in [-0.2, -0.15) is 0 Å². The van der Waals surface area contributed by atoms with E-state index in [9.17, 15) is 9.59 Å². The molecule has 0 radical (unpaired) electrons. The SMILES string of the molecule is O=C(Cn1cc(C(=O)c2ccccc2)c2ccccc21)Nc1cccc2ccccc12. The van der Waals surface area contributed by atoms with Gasteiger partial charge in [-0.05, 0) is 17.5 Å². The summed E-state index contributed by atoms with van der Waals surface area (Å²) in [6.07, 6.45) is 1.78. The van der Waals surface area contributed by atoms with Crippen molar-refractivity contribution in [3.05, 3.63) is 114 Å². The zero-order valence-electron chi connectivity index (χ0n) is 16.8. The Balaban J connectivity index is 1.47. The molecule has 5 aromatic rings. The zero-order chi connectivity index (χ0) is 21.2. The van der Waals surface area contributed by atoms with E-state index >= 15 is 0 Å². The molecule has 150 valence electrons. The fourth-order valence-electron chi connectivity index (χ4n) is 3.98. The minimum absolute atomic E-state index is 0.0509. The molecule has 1 N–H and O–H groups in total. The van der Waals surface area contributed by atoms with Crippen LogP contribution in [0.1, 0.15) is 15.9 Å². The first-order valence-corrected chi connectivity index (χ1v) is 10.2. The highest BCUT2D eigenvalue weighted by Crippen LogP contribution is 2.25. The molecule has 4 heteroatoms. The number of nitrogens with zero attached hydrogens (tertiary/aromatic N) is 1. The standard InChI is InChI=1S/C27H20N2O2/c30-26(28-24-15-8-12-19-9-4-5-13-21(19)24)18-29-17-23(22-14-6-7-16-25(22)29)27(31)20-10-2-1-3-11-20/h1-17H,18H2,(H,28,30). The summed E-state index contributed by atoms with van der Waals surface area (Å²) < 4.78 is 1.84. The fraction of sp³-hybridized carbons (Fsp3) is 0.0370. The topological polar surface area (TPSA) is 51.1 Å². The van der Waals surface area contributed by atoms with Crippen LogP contribution in [0, 0.1) is 0 Å². The van der Waals surface area contributed by atoms with Gasteiger partial charge in [0.1, 0.15) is 6.54 Å². The largest absolute Gasteiger partial charge is 0.337 e. The lowest BCUT2D eigenvalue weighted by molar-refractivity contribution is -0.116. The van der Waals surface area contributed by atoms with Crippen LogP contribution in [0.4, 0.5) is 5.69 Å². The second kappa shape index (κ2) is 7.92. The van der Waals surface area contributed by atoms with E-state index in [0.29, 0.717) is 11.1 Å². The van der Waals surface area contributed by atoms with E-state index in [-0.39, 0.29) is 18.2 Å². The van der Waals surface area contributed by atoms with Gasteiger partial charge in [-0.15, -0.1) is 0 Å². The summed E-state index contributed by atoms with van der Waals surface area (Å²) in [6.45, 7) is 0.117. The van der Waals surface area contributed by atoms with Gasteiger partial charge in [-0.3, -0.25) is 9.59 Å². The summed E-state index contributed by atoms with van der Waals surface area (Å²) in [5.41, 5.74) is 2.86. The van der Waals surface area contributed by atoms with Crippen molar-refractivity contribution in [1.82, 2.24) is 4.57 Å². The Hall–Kier alpha value is -4.18. The van der Waals surface area contributed by atoms with Crippen LogP contribution >= 0.6 is 0 Å². The molecule has 0 fully saturated rings. The molecule has 31 heavy (non-hydrogen) atoms. The van der Waals surface area contributed by atoms with Crippen molar-refractivity contribution in [2.45, 2.75) is 6.54 Å². The number of rotatable bonds is 5. The van der Waals surface area contributed by atoms with Gasteiger partial charge in [0, 0.05) is 39.3 Å². The molecule has 0 saturated heterocycles. The monoisotopic (exact) mass is 404 g/mol. The Morgan fingerprint density at radius 2 is 1.39 bits per heavy atom. The van der Waals surface area contributed by atoms with Crippen LogP contribution in [0.15, 0.2) is 103 Å². The first-order chi connectivity index (χ1) is 15.2. The molecule has 1 heterocycles. The summed E-state index contributed by atoms with van der Waals surface area (Å²) in [5, 5.41) is 5.93. The van der Waals surface area contributed by atoms with Crippen LogP contribution in [-0.2, 0) is 11.3 Å². The first kappa shape index (κ1) is 18.8. The lowest BCUT2D eigenvalue weighted by Crippen LogP contribution is -2.18. The van der Waals surface area contributed by atoms with Crippen molar-refractivity contribution < 1.29 is 9.59 Å². The third kappa shape index (κ3) is 3.60. The third-order valence-electron chi connectivity index (χ3n) is 5.45. The van der Waals surface area contributed by atoms with Crippen molar-refractivity contribution in [3.63, 3.8) is 0 Å². The van der Waals surface area contributed by atoms with Gasteiger partial charge < -0.3 is 9.88 Å². The van der Waals surface area contributed by atoms with E-state index in [4.69, 9.17) is 0 Å². The van der Waals surface area contributed by atoms with Crippen LogP contribution in [0.3, 0.4) is 0 Å². The van der Waals surface area contributed by atoms with Crippen molar-refractivity contribution in [2.24, 2.45) is 0 Å². The number of benzene rings is 4. The molecule has 0 atom stereocenters. The number of hydrogen-bond donors (Lipinski definition) is 1. The Bertz CT molecular complexity index is 1410. The molecule has 0 aliphatic rings. The maximum Gasteiger partial charge on any atom is 0.244 e. The van der Waals surface area contributed by atoms with Crippen LogP contribution in [-0.4, -0.2) is 16.3 Å². The fourth-order valence-corrected chi connectivity index (χ4v) is 3.98. The number of carbonyl (C=O) groups is 2. The van der Waals surface area contributed by atoms with Crippen LogP contribution < -0.4 is 5.32 Å². The van der Waals surface area contributed by atoms with Gasteiger partial charge in [-0.1, -0.05) is 84.9 Å². The average molecular weight is 404 g/mol. The minimum atomic E-state index is -0.143. The van der Waals surface area contributed by atoms with Crippen molar-refractivity contribution >= 4 is 39.1 Å². The first-order valence-electron chi connectivity index (χ1n) is 10.2. The maximum absolute atomic E-state index is 13.1. The molecule has 0 spiro atoms.